The number of ether oxygens (including phenoxy) is 2. The lowest BCUT2D eigenvalue weighted by atomic mass is 9.84. The van der Waals surface area contributed by atoms with E-state index in [0.717, 1.165) is 35.5 Å². The van der Waals surface area contributed by atoms with E-state index in [4.69, 9.17) is 15.2 Å². The Morgan fingerprint density at radius 1 is 1.00 bits per heavy atom. The van der Waals surface area contributed by atoms with E-state index in [9.17, 15) is 0 Å². The van der Waals surface area contributed by atoms with Crippen LogP contribution in [0, 0.1) is 6.92 Å². The summed E-state index contributed by atoms with van der Waals surface area (Å²) in [5, 5.41) is 0. The van der Waals surface area contributed by atoms with Gasteiger partial charge in [0.2, 0.25) is 0 Å². The van der Waals surface area contributed by atoms with E-state index in [1.807, 2.05) is 18.2 Å². The molecule has 3 nitrogen and oxygen atoms in total. The van der Waals surface area contributed by atoms with E-state index < -0.39 is 5.54 Å². The van der Waals surface area contributed by atoms with Crippen molar-refractivity contribution in [2.45, 2.75) is 25.3 Å². The Bertz CT molecular complexity index is 681. The molecule has 0 radical (unpaired) electrons. The van der Waals surface area contributed by atoms with E-state index >= 15 is 0 Å². The fourth-order valence-electron chi connectivity index (χ4n) is 3.23. The SMILES string of the molecule is COc1ccc2c(c1)C(N)(c1cc(C)ccc1OC)CC2. The molecule has 0 spiro atoms. The van der Waals surface area contributed by atoms with Crippen LogP contribution in [0.15, 0.2) is 36.4 Å². The van der Waals surface area contributed by atoms with Gasteiger partial charge in [0, 0.05) is 5.56 Å². The topological polar surface area (TPSA) is 44.5 Å². The molecule has 1 atom stereocenters. The Kier molecular flexibility index (Phi) is 3.38. The molecule has 3 rings (SSSR count). The van der Waals surface area contributed by atoms with Gasteiger partial charge >= 0.3 is 0 Å². The van der Waals surface area contributed by atoms with Crippen molar-refractivity contribution >= 4 is 0 Å². The van der Waals surface area contributed by atoms with Crippen LogP contribution in [0.5, 0.6) is 11.5 Å². The van der Waals surface area contributed by atoms with Crippen molar-refractivity contribution in [3.63, 3.8) is 0 Å². The van der Waals surface area contributed by atoms with E-state index in [2.05, 4.69) is 25.1 Å². The van der Waals surface area contributed by atoms with Gasteiger partial charge in [0.25, 0.3) is 0 Å². The number of methoxy groups -OCH3 is 2. The van der Waals surface area contributed by atoms with Crippen LogP contribution in [0.4, 0.5) is 0 Å². The Balaban J connectivity index is 2.18. The first-order valence-electron chi connectivity index (χ1n) is 7.20. The zero-order chi connectivity index (χ0) is 15.0. The molecule has 1 aliphatic rings. The van der Waals surface area contributed by atoms with Crippen LogP contribution in [0.1, 0.15) is 28.7 Å². The molecule has 0 heterocycles. The van der Waals surface area contributed by atoms with Crippen LogP contribution in [-0.4, -0.2) is 14.2 Å². The first-order chi connectivity index (χ1) is 10.1. The third kappa shape index (κ3) is 2.18. The average Bonchev–Trinajstić information content (AvgIpc) is 2.85. The van der Waals surface area contributed by atoms with Crippen molar-refractivity contribution in [2.75, 3.05) is 14.2 Å². The number of rotatable bonds is 3. The van der Waals surface area contributed by atoms with E-state index in [1.54, 1.807) is 14.2 Å². The van der Waals surface area contributed by atoms with Crippen molar-refractivity contribution in [3.8, 4) is 11.5 Å². The highest BCUT2D eigenvalue weighted by atomic mass is 16.5. The first kappa shape index (κ1) is 14.0. The zero-order valence-corrected chi connectivity index (χ0v) is 12.8. The summed E-state index contributed by atoms with van der Waals surface area (Å²) in [5.41, 5.74) is 11.0. The maximum absolute atomic E-state index is 6.83. The highest BCUT2D eigenvalue weighted by molar-refractivity contribution is 5.54. The van der Waals surface area contributed by atoms with Crippen LogP contribution >= 0.6 is 0 Å². The molecule has 0 fully saturated rings. The van der Waals surface area contributed by atoms with Crippen LogP contribution in [0.3, 0.4) is 0 Å². The predicted octanol–water partition coefficient (Wildman–Crippen LogP) is 3.16. The number of hydrogen-bond acceptors (Lipinski definition) is 3. The Hall–Kier alpha value is -2.00. The summed E-state index contributed by atoms with van der Waals surface area (Å²) in [6, 6.07) is 12.4. The molecule has 3 heteroatoms. The quantitative estimate of drug-likeness (QED) is 0.941. The van der Waals surface area contributed by atoms with Gasteiger partial charge in [0.05, 0.1) is 19.8 Å². The lowest BCUT2D eigenvalue weighted by molar-refractivity contribution is 0.392. The van der Waals surface area contributed by atoms with Gasteiger partial charge in [0.1, 0.15) is 11.5 Å². The summed E-state index contributed by atoms with van der Waals surface area (Å²) < 4.78 is 10.9. The number of benzene rings is 2. The van der Waals surface area contributed by atoms with Crippen molar-refractivity contribution in [2.24, 2.45) is 5.73 Å². The average molecular weight is 283 g/mol. The van der Waals surface area contributed by atoms with Crippen molar-refractivity contribution in [1.29, 1.82) is 0 Å². The van der Waals surface area contributed by atoms with Crippen LogP contribution in [-0.2, 0) is 12.0 Å². The van der Waals surface area contributed by atoms with Crippen molar-refractivity contribution < 1.29 is 9.47 Å². The summed E-state index contributed by atoms with van der Waals surface area (Å²) >= 11 is 0. The highest BCUT2D eigenvalue weighted by Gasteiger charge is 2.39. The van der Waals surface area contributed by atoms with Crippen LogP contribution in [0.25, 0.3) is 0 Å². The third-order valence-corrected chi connectivity index (χ3v) is 4.42. The van der Waals surface area contributed by atoms with E-state index in [0.29, 0.717) is 0 Å². The second kappa shape index (κ2) is 5.08. The fraction of sp³-hybridized carbons (Fsp3) is 0.333. The normalized spacial score (nSPS) is 20.2. The molecule has 0 bridgehead atoms. The van der Waals surface area contributed by atoms with Crippen molar-refractivity contribution in [3.05, 3.63) is 58.7 Å². The highest BCUT2D eigenvalue weighted by Crippen LogP contribution is 2.44. The second-order valence-electron chi connectivity index (χ2n) is 5.70. The van der Waals surface area contributed by atoms with Crippen molar-refractivity contribution in [1.82, 2.24) is 0 Å². The molecule has 2 aromatic carbocycles. The van der Waals surface area contributed by atoms with Gasteiger partial charge in [-0.2, -0.15) is 0 Å². The minimum absolute atomic E-state index is 0.513. The molecule has 2 N–H and O–H groups in total. The number of aryl methyl sites for hydroxylation is 2. The molecule has 0 saturated carbocycles. The van der Waals surface area contributed by atoms with Crippen LogP contribution < -0.4 is 15.2 Å². The first-order valence-corrected chi connectivity index (χ1v) is 7.20. The molecule has 21 heavy (non-hydrogen) atoms. The molecule has 1 unspecified atom stereocenters. The smallest absolute Gasteiger partial charge is 0.124 e. The van der Waals surface area contributed by atoms with Gasteiger partial charge in [-0.05, 0) is 49.1 Å². The molecule has 0 aromatic heterocycles. The van der Waals surface area contributed by atoms with Crippen LogP contribution in [0.2, 0.25) is 0 Å². The lowest BCUT2D eigenvalue weighted by Gasteiger charge is -2.28. The van der Waals surface area contributed by atoms with E-state index in [1.165, 1.54) is 11.1 Å². The third-order valence-electron chi connectivity index (χ3n) is 4.42. The van der Waals surface area contributed by atoms with Gasteiger partial charge in [-0.3, -0.25) is 0 Å². The molecule has 0 aliphatic heterocycles. The summed E-state index contributed by atoms with van der Waals surface area (Å²) in [4.78, 5) is 0. The van der Waals surface area contributed by atoms with Gasteiger partial charge in [-0.15, -0.1) is 0 Å². The standard InChI is InChI=1S/C18H21NO2/c1-12-4-7-17(21-3)16(10-12)18(19)9-8-13-5-6-14(20-2)11-15(13)18/h4-7,10-11H,8-9,19H2,1-3H3. The number of fused-ring (bicyclic) bond motifs is 1. The molecule has 0 saturated heterocycles. The number of hydrogen-bond donors (Lipinski definition) is 1. The Morgan fingerprint density at radius 2 is 1.81 bits per heavy atom. The summed E-state index contributed by atoms with van der Waals surface area (Å²) in [6.45, 7) is 2.08. The van der Waals surface area contributed by atoms with Gasteiger partial charge < -0.3 is 15.2 Å². The summed E-state index contributed by atoms with van der Waals surface area (Å²) in [5.74, 6) is 1.69. The summed E-state index contributed by atoms with van der Waals surface area (Å²) in [7, 11) is 3.38. The minimum atomic E-state index is -0.513. The second-order valence-corrected chi connectivity index (χ2v) is 5.70. The minimum Gasteiger partial charge on any atom is -0.497 e. The predicted molar refractivity (Wildman–Crippen MR) is 84.0 cm³/mol. The summed E-state index contributed by atoms with van der Waals surface area (Å²) in [6.07, 6.45) is 1.86. The lowest BCUT2D eigenvalue weighted by Crippen LogP contribution is -2.36. The maximum atomic E-state index is 6.83. The molecule has 1 aliphatic carbocycles. The number of nitrogens with two attached hydrogens (primary N) is 1. The molecular weight excluding hydrogens is 262 g/mol. The molecule has 110 valence electrons. The monoisotopic (exact) mass is 283 g/mol. The molecule has 0 amide bonds. The zero-order valence-electron chi connectivity index (χ0n) is 12.8. The molecule has 2 aromatic rings. The van der Waals surface area contributed by atoms with E-state index in [-0.39, 0.29) is 0 Å². The fourth-order valence-corrected chi connectivity index (χ4v) is 3.23. The Labute approximate surface area is 125 Å². The van der Waals surface area contributed by atoms with Gasteiger partial charge in [-0.1, -0.05) is 23.8 Å². The molecular formula is C18H21NO2. The maximum Gasteiger partial charge on any atom is 0.124 e. The largest absolute Gasteiger partial charge is 0.497 e. The Morgan fingerprint density at radius 3 is 2.52 bits per heavy atom. The van der Waals surface area contributed by atoms with Gasteiger partial charge in [-0.25, -0.2) is 0 Å². The van der Waals surface area contributed by atoms with Gasteiger partial charge in [0.15, 0.2) is 0 Å².